The SMILES string of the molecule is CC(C)OP(=O)(OC(C)C)c1c(-c2ccccc2)[nH]c2ccccc12. The van der Waals surface area contributed by atoms with E-state index in [9.17, 15) is 4.57 Å². The van der Waals surface area contributed by atoms with E-state index < -0.39 is 7.60 Å². The van der Waals surface area contributed by atoms with Crippen LogP contribution in [-0.4, -0.2) is 17.2 Å². The van der Waals surface area contributed by atoms with Gasteiger partial charge in [0.05, 0.1) is 23.2 Å². The van der Waals surface area contributed by atoms with Gasteiger partial charge in [0.1, 0.15) is 0 Å². The van der Waals surface area contributed by atoms with E-state index in [1.54, 1.807) is 0 Å². The van der Waals surface area contributed by atoms with Gasteiger partial charge in [0.25, 0.3) is 0 Å². The third-order valence-corrected chi connectivity index (χ3v) is 6.12. The lowest BCUT2D eigenvalue weighted by Crippen LogP contribution is -2.18. The first-order valence-electron chi connectivity index (χ1n) is 8.54. The van der Waals surface area contributed by atoms with E-state index in [1.807, 2.05) is 82.3 Å². The highest BCUT2D eigenvalue weighted by Crippen LogP contribution is 2.53. The van der Waals surface area contributed by atoms with Crippen LogP contribution in [-0.2, 0) is 13.6 Å². The zero-order valence-electron chi connectivity index (χ0n) is 15.0. The topological polar surface area (TPSA) is 51.3 Å². The highest BCUT2D eigenvalue weighted by Gasteiger charge is 2.36. The van der Waals surface area contributed by atoms with Crippen molar-refractivity contribution in [2.24, 2.45) is 0 Å². The Hall–Kier alpha value is -1.87. The Labute approximate surface area is 148 Å². The minimum Gasteiger partial charge on any atom is -0.354 e. The molecule has 0 aliphatic carbocycles. The van der Waals surface area contributed by atoms with Crippen LogP contribution in [0.3, 0.4) is 0 Å². The van der Waals surface area contributed by atoms with Crippen LogP contribution in [0.4, 0.5) is 0 Å². The second kappa shape index (κ2) is 7.17. The molecule has 0 aliphatic heterocycles. The molecule has 1 N–H and O–H groups in total. The quantitative estimate of drug-likeness (QED) is 0.592. The molecule has 3 aromatic rings. The van der Waals surface area contributed by atoms with E-state index in [4.69, 9.17) is 9.05 Å². The normalized spacial score (nSPS) is 12.4. The van der Waals surface area contributed by atoms with Crippen molar-refractivity contribution in [3.05, 3.63) is 54.6 Å². The molecule has 25 heavy (non-hydrogen) atoms. The van der Waals surface area contributed by atoms with Crippen LogP contribution in [0.15, 0.2) is 54.6 Å². The lowest BCUT2D eigenvalue weighted by atomic mass is 10.1. The second-order valence-electron chi connectivity index (χ2n) is 6.57. The summed E-state index contributed by atoms with van der Waals surface area (Å²) < 4.78 is 25.6. The van der Waals surface area contributed by atoms with Crippen LogP contribution in [0.1, 0.15) is 27.7 Å². The van der Waals surface area contributed by atoms with Crippen LogP contribution >= 0.6 is 7.60 Å². The van der Waals surface area contributed by atoms with Crippen LogP contribution in [0.2, 0.25) is 0 Å². The van der Waals surface area contributed by atoms with Gasteiger partial charge in [0.2, 0.25) is 0 Å². The van der Waals surface area contributed by atoms with Crippen LogP contribution in [0.5, 0.6) is 0 Å². The van der Waals surface area contributed by atoms with Crippen molar-refractivity contribution in [3.8, 4) is 11.3 Å². The molecule has 2 aromatic carbocycles. The molecule has 0 unspecified atom stereocenters. The summed E-state index contributed by atoms with van der Waals surface area (Å²) in [5, 5.41) is 1.47. The van der Waals surface area contributed by atoms with Crippen molar-refractivity contribution in [1.82, 2.24) is 4.98 Å². The van der Waals surface area contributed by atoms with Crippen molar-refractivity contribution in [1.29, 1.82) is 0 Å². The minimum atomic E-state index is -3.52. The first kappa shape index (κ1) is 17.9. The molecule has 0 fully saturated rings. The molecule has 132 valence electrons. The Balaban J connectivity index is 2.30. The van der Waals surface area contributed by atoms with E-state index in [2.05, 4.69) is 4.98 Å². The Kier molecular flexibility index (Phi) is 5.14. The van der Waals surface area contributed by atoms with Gasteiger partial charge >= 0.3 is 7.60 Å². The smallest absolute Gasteiger partial charge is 0.354 e. The number of fused-ring (bicyclic) bond motifs is 1. The van der Waals surface area contributed by atoms with E-state index in [-0.39, 0.29) is 12.2 Å². The van der Waals surface area contributed by atoms with E-state index in [1.165, 1.54) is 0 Å². The maximum atomic E-state index is 13.8. The van der Waals surface area contributed by atoms with Crippen molar-refractivity contribution >= 4 is 23.8 Å². The third-order valence-electron chi connectivity index (χ3n) is 3.71. The molecule has 0 saturated carbocycles. The number of para-hydroxylation sites is 1. The number of hydrogen-bond donors (Lipinski definition) is 1. The largest absolute Gasteiger partial charge is 0.364 e. The van der Waals surface area contributed by atoms with Crippen LogP contribution in [0, 0.1) is 0 Å². The molecule has 0 spiro atoms. The number of aromatic amines is 1. The lowest BCUT2D eigenvalue weighted by molar-refractivity contribution is 0.150. The maximum absolute atomic E-state index is 13.8. The Morgan fingerprint density at radius 2 is 1.40 bits per heavy atom. The van der Waals surface area contributed by atoms with Gasteiger partial charge in [-0.2, -0.15) is 0 Å². The number of benzene rings is 2. The highest BCUT2D eigenvalue weighted by atomic mass is 31.2. The van der Waals surface area contributed by atoms with E-state index >= 15 is 0 Å². The molecule has 0 saturated heterocycles. The summed E-state index contributed by atoms with van der Waals surface area (Å²) in [4.78, 5) is 3.40. The lowest BCUT2D eigenvalue weighted by Gasteiger charge is -2.23. The fourth-order valence-corrected chi connectivity index (χ4v) is 5.23. The average molecular weight is 357 g/mol. The van der Waals surface area contributed by atoms with Gasteiger partial charge in [-0.25, -0.2) is 0 Å². The fourth-order valence-electron chi connectivity index (χ4n) is 2.91. The molecule has 0 atom stereocenters. The van der Waals surface area contributed by atoms with Gasteiger partial charge in [0, 0.05) is 10.9 Å². The molecule has 1 heterocycles. The summed E-state index contributed by atoms with van der Waals surface area (Å²) >= 11 is 0. The molecule has 4 nitrogen and oxygen atoms in total. The summed E-state index contributed by atoms with van der Waals surface area (Å²) in [6.07, 6.45) is -0.441. The summed E-state index contributed by atoms with van der Waals surface area (Å²) in [6.45, 7) is 7.47. The van der Waals surface area contributed by atoms with E-state index in [0.29, 0.717) is 5.30 Å². The predicted octanol–water partition coefficient (Wildman–Crippen LogP) is 5.50. The number of nitrogens with one attached hydrogen (secondary N) is 1. The molecule has 0 aliphatic rings. The van der Waals surface area contributed by atoms with Gasteiger partial charge in [-0.3, -0.25) is 4.57 Å². The monoisotopic (exact) mass is 357 g/mol. The number of hydrogen-bond acceptors (Lipinski definition) is 3. The average Bonchev–Trinajstić information content (AvgIpc) is 2.94. The predicted molar refractivity (Wildman–Crippen MR) is 103 cm³/mol. The molecule has 0 amide bonds. The number of H-pyrrole nitrogens is 1. The van der Waals surface area contributed by atoms with Gasteiger partial charge < -0.3 is 14.0 Å². The first-order valence-corrected chi connectivity index (χ1v) is 10.1. The second-order valence-corrected chi connectivity index (χ2v) is 8.43. The van der Waals surface area contributed by atoms with Crippen molar-refractivity contribution in [2.45, 2.75) is 39.9 Å². The molecule has 5 heteroatoms. The first-order chi connectivity index (χ1) is 11.9. The van der Waals surface area contributed by atoms with Gasteiger partial charge in [-0.15, -0.1) is 0 Å². The number of aromatic nitrogens is 1. The Morgan fingerprint density at radius 3 is 2.00 bits per heavy atom. The molecule has 1 aromatic heterocycles. The van der Waals surface area contributed by atoms with Gasteiger partial charge in [-0.05, 0) is 39.3 Å². The van der Waals surface area contributed by atoms with Crippen LogP contribution in [0.25, 0.3) is 22.2 Å². The summed E-state index contributed by atoms with van der Waals surface area (Å²) in [5.41, 5.74) is 2.65. The highest BCUT2D eigenvalue weighted by molar-refractivity contribution is 7.63. The zero-order valence-corrected chi connectivity index (χ0v) is 15.9. The third kappa shape index (κ3) is 3.72. The molecule has 0 radical (unpaired) electrons. The summed E-state index contributed by atoms with van der Waals surface area (Å²) in [6, 6.07) is 17.7. The van der Waals surface area contributed by atoms with Gasteiger partial charge in [-0.1, -0.05) is 48.5 Å². The standard InChI is InChI=1S/C20H24NO3P/c1-14(2)23-25(22,24-15(3)4)20-17-12-8-9-13-18(17)21-19(20)16-10-6-5-7-11-16/h5-15,21H,1-4H3. The molecule has 3 rings (SSSR count). The Morgan fingerprint density at radius 1 is 0.840 bits per heavy atom. The molecule has 0 bridgehead atoms. The number of rotatable bonds is 6. The maximum Gasteiger partial charge on any atom is 0.364 e. The fraction of sp³-hybridized carbons (Fsp3) is 0.300. The van der Waals surface area contributed by atoms with Crippen molar-refractivity contribution in [2.75, 3.05) is 0 Å². The van der Waals surface area contributed by atoms with Crippen molar-refractivity contribution in [3.63, 3.8) is 0 Å². The van der Waals surface area contributed by atoms with Crippen LogP contribution < -0.4 is 5.30 Å². The zero-order chi connectivity index (χ0) is 18.0. The van der Waals surface area contributed by atoms with E-state index in [0.717, 1.165) is 22.2 Å². The minimum absolute atomic E-state index is 0.220. The van der Waals surface area contributed by atoms with Gasteiger partial charge in [0.15, 0.2) is 0 Å². The summed E-state index contributed by atoms with van der Waals surface area (Å²) in [7, 11) is -3.52. The molecular formula is C20H24NO3P. The summed E-state index contributed by atoms with van der Waals surface area (Å²) in [5.74, 6) is 0. The Bertz CT molecular complexity index is 886. The molecular weight excluding hydrogens is 333 g/mol. The van der Waals surface area contributed by atoms with Crippen molar-refractivity contribution < 1.29 is 13.6 Å².